The second kappa shape index (κ2) is 3.97. The van der Waals surface area contributed by atoms with Gasteiger partial charge in [-0.1, -0.05) is 23.2 Å². The first-order valence-electron chi connectivity index (χ1n) is 4.49. The first-order valence-corrected chi connectivity index (χ1v) is 5.24. The van der Waals surface area contributed by atoms with Crippen molar-refractivity contribution in [2.45, 2.75) is 18.9 Å². The van der Waals surface area contributed by atoms with E-state index in [0.29, 0.717) is 34.4 Å². The number of fused-ring (bicyclic) bond motifs is 1. The Labute approximate surface area is 92.4 Å². The third-order valence-electron chi connectivity index (χ3n) is 2.30. The molecule has 0 saturated carbocycles. The van der Waals surface area contributed by atoms with E-state index in [0.717, 1.165) is 6.42 Å². The molecule has 0 spiro atoms. The van der Waals surface area contributed by atoms with Crippen LogP contribution in [0.4, 0.5) is 0 Å². The van der Waals surface area contributed by atoms with Crippen molar-refractivity contribution in [3.05, 3.63) is 27.7 Å². The lowest BCUT2D eigenvalue weighted by Crippen LogP contribution is -1.98. The van der Waals surface area contributed by atoms with E-state index >= 15 is 0 Å². The summed E-state index contributed by atoms with van der Waals surface area (Å²) in [6.07, 6.45) is 0.897. The predicted molar refractivity (Wildman–Crippen MR) is 56.2 cm³/mol. The predicted octanol–water partition coefficient (Wildman–Crippen LogP) is 3.20. The van der Waals surface area contributed by atoms with E-state index in [1.165, 1.54) is 0 Å². The normalized spacial score (nSPS) is 20.9. The molecule has 1 aromatic carbocycles. The molecule has 76 valence electrons. The van der Waals surface area contributed by atoms with E-state index in [4.69, 9.17) is 27.9 Å². The highest BCUT2D eigenvalue weighted by atomic mass is 35.5. The maximum absolute atomic E-state index is 9.82. The minimum Gasteiger partial charge on any atom is -0.492 e. The molecule has 0 fully saturated rings. The first-order chi connectivity index (χ1) is 6.70. The summed E-state index contributed by atoms with van der Waals surface area (Å²) in [5, 5.41) is 10.8. The lowest BCUT2D eigenvalue weighted by atomic mass is 10.1. The molecule has 1 unspecified atom stereocenters. The molecule has 2 nitrogen and oxygen atoms in total. The molecule has 2 rings (SSSR count). The number of rotatable bonds is 0. The van der Waals surface area contributed by atoms with Gasteiger partial charge in [-0.25, -0.2) is 0 Å². The Morgan fingerprint density at radius 2 is 2.00 bits per heavy atom. The molecule has 14 heavy (non-hydrogen) atoms. The Bertz CT molecular complexity index is 352. The monoisotopic (exact) mass is 232 g/mol. The van der Waals surface area contributed by atoms with Gasteiger partial charge in [-0.3, -0.25) is 0 Å². The van der Waals surface area contributed by atoms with E-state index in [-0.39, 0.29) is 0 Å². The molecular weight excluding hydrogens is 223 g/mol. The van der Waals surface area contributed by atoms with E-state index < -0.39 is 6.10 Å². The zero-order valence-electron chi connectivity index (χ0n) is 7.46. The summed E-state index contributed by atoms with van der Waals surface area (Å²) in [5.74, 6) is 0.532. The van der Waals surface area contributed by atoms with Crippen LogP contribution in [-0.2, 0) is 0 Å². The van der Waals surface area contributed by atoms with Crippen LogP contribution >= 0.6 is 23.2 Å². The third kappa shape index (κ3) is 1.70. The first kappa shape index (κ1) is 10.1. The van der Waals surface area contributed by atoms with Gasteiger partial charge in [0.25, 0.3) is 0 Å². The van der Waals surface area contributed by atoms with Crippen LogP contribution in [0.15, 0.2) is 12.1 Å². The Balaban J connectivity index is 2.57. The van der Waals surface area contributed by atoms with Gasteiger partial charge in [-0.2, -0.15) is 0 Å². The highest BCUT2D eigenvalue weighted by Gasteiger charge is 2.22. The van der Waals surface area contributed by atoms with Gasteiger partial charge in [0.15, 0.2) is 0 Å². The second-order valence-electron chi connectivity index (χ2n) is 3.28. The summed E-state index contributed by atoms with van der Waals surface area (Å²) < 4.78 is 5.45. The quantitative estimate of drug-likeness (QED) is 0.745. The van der Waals surface area contributed by atoms with Crippen molar-refractivity contribution in [1.82, 2.24) is 0 Å². The maximum atomic E-state index is 9.82. The van der Waals surface area contributed by atoms with E-state index in [1.807, 2.05) is 0 Å². The summed E-state index contributed by atoms with van der Waals surface area (Å²) in [6.45, 7) is 0.574. The molecule has 1 heterocycles. The smallest absolute Gasteiger partial charge is 0.145 e. The van der Waals surface area contributed by atoms with Crippen LogP contribution in [0, 0.1) is 0 Å². The fraction of sp³-hybridized carbons (Fsp3) is 0.400. The summed E-state index contributed by atoms with van der Waals surface area (Å²) in [7, 11) is 0. The molecule has 0 aromatic heterocycles. The largest absolute Gasteiger partial charge is 0.492 e. The van der Waals surface area contributed by atoms with Gasteiger partial charge in [0, 0.05) is 5.56 Å². The lowest BCUT2D eigenvalue weighted by Gasteiger charge is -2.13. The third-order valence-corrected chi connectivity index (χ3v) is 2.92. The number of hydrogen-bond acceptors (Lipinski definition) is 2. The average Bonchev–Trinajstić information content (AvgIpc) is 2.35. The molecule has 0 bridgehead atoms. The summed E-state index contributed by atoms with van der Waals surface area (Å²) >= 11 is 11.9. The number of hydrogen-bond donors (Lipinski definition) is 1. The van der Waals surface area contributed by atoms with Gasteiger partial charge in [-0.15, -0.1) is 0 Å². The molecule has 1 aliphatic heterocycles. The number of benzene rings is 1. The highest BCUT2D eigenvalue weighted by molar-refractivity contribution is 6.35. The van der Waals surface area contributed by atoms with Crippen molar-refractivity contribution < 1.29 is 9.84 Å². The molecule has 0 amide bonds. The van der Waals surface area contributed by atoms with E-state index in [1.54, 1.807) is 12.1 Å². The van der Waals surface area contributed by atoms with Crippen LogP contribution in [0.1, 0.15) is 24.5 Å². The summed E-state index contributed by atoms with van der Waals surface area (Å²) in [5.41, 5.74) is 0.622. The summed E-state index contributed by atoms with van der Waals surface area (Å²) in [6, 6.07) is 3.36. The van der Waals surface area contributed by atoms with Crippen LogP contribution in [0.5, 0.6) is 5.75 Å². The van der Waals surface area contributed by atoms with Crippen molar-refractivity contribution in [3.63, 3.8) is 0 Å². The highest BCUT2D eigenvalue weighted by Crippen LogP contribution is 2.41. The number of aliphatic hydroxyl groups excluding tert-OH is 1. The van der Waals surface area contributed by atoms with Crippen molar-refractivity contribution in [3.8, 4) is 5.75 Å². The fourth-order valence-electron chi connectivity index (χ4n) is 1.60. The molecule has 1 atom stereocenters. The Kier molecular flexibility index (Phi) is 2.86. The summed E-state index contributed by atoms with van der Waals surface area (Å²) in [4.78, 5) is 0. The Hall–Kier alpha value is -0.440. The molecule has 1 N–H and O–H groups in total. The van der Waals surface area contributed by atoms with Gasteiger partial charge in [0.1, 0.15) is 5.75 Å². The van der Waals surface area contributed by atoms with Gasteiger partial charge < -0.3 is 9.84 Å². The SMILES string of the molecule is OC1CCCOc2c(Cl)ccc(Cl)c21. The van der Waals surface area contributed by atoms with Crippen molar-refractivity contribution in [2.75, 3.05) is 6.61 Å². The molecule has 0 aliphatic carbocycles. The fourth-order valence-corrected chi connectivity index (χ4v) is 2.10. The van der Waals surface area contributed by atoms with Gasteiger partial charge in [0.05, 0.1) is 22.8 Å². The topological polar surface area (TPSA) is 29.5 Å². The van der Waals surface area contributed by atoms with Crippen LogP contribution in [0.2, 0.25) is 10.0 Å². The zero-order chi connectivity index (χ0) is 10.1. The molecule has 1 aliphatic rings. The Morgan fingerprint density at radius 1 is 1.29 bits per heavy atom. The molecule has 1 aromatic rings. The number of ether oxygens (including phenoxy) is 1. The minimum absolute atomic E-state index is 0.505. The zero-order valence-corrected chi connectivity index (χ0v) is 8.98. The number of halogens is 2. The minimum atomic E-state index is -0.571. The van der Waals surface area contributed by atoms with E-state index in [2.05, 4.69) is 0 Å². The molecule has 0 saturated heterocycles. The standard InChI is InChI=1S/C10H10Cl2O2/c11-6-3-4-7(12)10-9(6)8(13)2-1-5-14-10/h3-4,8,13H,1-2,5H2. The molecule has 0 radical (unpaired) electrons. The average molecular weight is 233 g/mol. The molecular formula is C10H10Cl2O2. The van der Waals surface area contributed by atoms with Crippen LogP contribution in [0.25, 0.3) is 0 Å². The van der Waals surface area contributed by atoms with Crippen LogP contribution in [0.3, 0.4) is 0 Å². The van der Waals surface area contributed by atoms with Crippen molar-refractivity contribution >= 4 is 23.2 Å². The van der Waals surface area contributed by atoms with Gasteiger partial charge in [-0.05, 0) is 25.0 Å². The van der Waals surface area contributed by atoms with Gasteiger partial charge >= 0.3 is 0 Å². The molecule has 4 heteroatoms. The van der Waals surface area contributed by atoms with Crippen molar-refractivity contribution in [1.29, 1.82) is 0 Å². The lowest BCUT2D eigenvalue weighted by molar-refractivity contribution is 0.167. The maximum Gasteiger partial charge on any atom is 0.145 e. The van der Waals surface area contributed by atoms with Crippen LogP contribution < -0.4 is 4.74 Å². The number of aliphatic hydroxyl groups is 1. The van der Waals surface area contributed by atoms with E-state index in [9.17, 15) is 5.11 Å². The second-order valence-corrected chi connectivity index (χ2v) is 4.09. The van der Waals surface area contributed by atoms with Crippen molar-refractivity contribution in [2.24, 2.45) is 0 Å². The van der Waals surface area contributed by atoms with Crippen LogP contribution in [-0.4, -0.2) is 11.7 Å². The Morgan fingerprint density at radius 3 is 2.79 bits per heavy atom. The van der Waals surface area contributed by atoms with Gasteiger partial charge in [0.2, 0.25) is 0 Å².